The zero-order chi connectivity index (χ0) is 15.4. The summed E-state index contributed by atoms with van der Waals surface area (Å²) in [7, 11) is 0. The molecule has 0 radical (unpaired) electrons. The summed E-state index contributed by atoms with van der Waals surface area (Å²) in [6.07, 6.45) is -1.34. The molecule has 0 aromatic heterocycles. The summed E-state index contributed by atoms with van der Waals surface area (Å²) in [5.74, 6) is -3.32. The molecule has 2 amide bonds. The van der Waals surface area contributed by atoms with Gasteiger partial charge in [0.25, 0.3) is 0 Å². The number of carboxylic acids is 1. The van der Waals surface area contributed by atoms with Gasteiger partial charge in [0.1, 0.15) is 11.6 Å². The van der Waals surface area contributed by atoms with Crippen molar-refractivity contribution in [3.63, 3.8) is 0 Å². The highest BCUT2D eigenvalue weighted by Crippen LogP contribution is 2.23. The first kappa shape index (κ1) is 16.3. The summed E-state index contributed by atoms with van der Waals surface area (Å²) >= 11 is 2.82. The van der Waals surface area contributed by atoms with Gasteiger partial charge < -0.3 is 20.8 Å². The van der Waals surface area contributed by atoms with Crippen LogP contribution in [0.2, 0.25) is 0 Å². The third kappa shape index (κ3) is 4.14. The lowest BCUT2D eigenvalue weighted by Gasteiger charge is -2.17. The predicted molar refractivity (Wildman–Crippen MR) is 69.3 cm³/mol. The van der Waals surface area contributed by atoms with Crippen molar-refractivity contribution < 1.29 is 28.6 Å². The highest BCUT2D eigenvalue weighted by molar-refractivity contribution is 9.10. The molecule has 4 N–H and O–H groups in total. The van der Waals surface area contributed by atoms with Gasteiger partial charge in [-0.05, 0) is 28.9 Å². The number of nitrogens with one attached hydrogen (secondary N) is 2. The number of hydrogen-bond donors (Lipinski definition) is 4. The Balaban J connectivity index is 2.81. The lowest BCUT2D eigenvalue weighted by atomic mass is 10.2. The van der Waals surface area contributed by atoms with Crippen LogP contribution in [0.25, 0.3) is 0 Å². The van der Waals surface area contributed by atoms with Gasteiger partial charge >= 0.3 is 12.0 Å². The van der Waals surface area contributed by atoms with E-state index in [1.807, 2.05) is 10.6 Å². The molecule has 1 rings (SSSR count). The van der Waals surface area contributed by atoms with Gasteiger partial charge in [0.05, 0.1) is 16.3 Å². The van der Waals surface area contributed by atoms with Crippen LogP contribution in [-0.2, 0) is 4.79 Å². The molecule has 0 spiro atoms. The number of amides is 2. The number of aliphatic carboxylic acids is 1. The molecule has 0 bridgehead atoms. The number of carbonyl (C=O) groups is 2. The fourth-order valence-corrected chi connectivity index (χ4v) is 1.65. The largest absolute Gasteiger partial charge is 0.480 e. The Morgan fingerprint density at radius 3 is 2.40 bits per heavy atom. The Morgan fingerprint density at radius 2 is 1.90 bits per heavy atom. The fraction of sp³-hybridized carbons (Fsp3) is 0.273. The summed E-state index contributed by atoms with van der Waals surface area (Å²) in [5.41, 5.74) is -0.342. The van der Waals surface area contributed by atoms with Crippen molar-refractivity contribution in [1.82, 2.24) is 5.32 Å². The van der Waals surface area contributed by atoms with Crippen molar-refractivity contribution >= 4 is 33.6 Å². The summed E-state index contributed by atoms with van der Waals surface area (Å²) in [5, 5.41) is 21.9. The number of carbonyl (C=O) groups excluding carboxylic acids is 1. The highest BCUT2D eigenvalue weighted by Gasteiger charge is 2.25. The van der Waals surface area contributed by atoms with E-state index in [9.17, 15) is 23.5 Å². The molecular weight excluding hydrogens is 342 g/mol. The van der Waals surface area contributed by atoms with Gasteiger partial charge in [0, 0.05) is 6.07 Å². The monoisotopic (exact) mass is 352 g/mol. The number of aliphatic hydroxyl groups excluding tert-OH is 1. The van der Waals surface area contributed by atoms with Gasteiger partial charge in [-0.2, -0.15) is 0 Å². The Hall–Kier alpha value is -1.74. The second kappa shape index (κ2) is 6.62. The van der Waals surface area contributed by atoms with E-state index in [1.165, 1.54) is 6.92 Å². The molecule has 2 atom stereocenters. The van der Waals surface area contributed by atoms with E-state index in [1.54, 1.807) is 0 Å². The molecule has 0 saturated heterocycles. The Kier molecular flexibility index (Phi) is 5.40. The van der Waals surface area contributed by atoms with Crippen LogP contribution in [-0.4, -0.2) is 34.4 Å². The topological polar surface area (TPSA) is 98.7 Å². The van der Waals surface area contributed by atoms with E-state index in [0.717, 1.165) is 6.07 Å². The van der Waals surface area contributed by atoms with Crippen molar-refractivity contribution in [1.29, 1.82) is 0 Å². The van der Waals surface area contributed by atoms with Gasteiger partial charge in [-0.3, -0.25) is 0 Å². The van der Waals surface area contributed by atoms with Crippen molar-refractivity contribution in [3.8, 4) is 0 Å². The molecule has 0 heterocycles. The molecular formula is C11H11BrF2N2O4. The second-order valence-corrected chi connectivity index (χ2v) is 4.76. The first-order valence-corrected chi connectivity index (χ1v) is 6.14. The van der Waals surface area contributed by atoms with Gasteiger partial charge in [0.15, 0.2) is 6.04 Å². The van der Waals surface area contributed by atoms with Gasteiger partial charge in [-0.25, -0.2) is 18.4 Å². The Labute approximate surface area is 120 Å². The number of carboxylic acid groups (broad SMARTS) is 1. The van der Waals surface area contributed by atoms with Crippen molar-refractivity contribution in [2.24, 2.45) is 0 Å². The quantitative estimate of drug-likeness (QED) is 0.619. The maximum Gasteiger partial charge on any atom is 0.328 e. The summed E-state index contributed by atoms with van der Waals surface area (Å²) in [6.45, 7) is 1.17. The van der Waals surface area contributed by atoms with Gasteiger partial charge in [0.2, 0.25) is 0 Å². The Morgan fingerprint density at radius 1 is 1.30 bits per heavy atom. The SMILES string of the molecule is C[C@@H](O)[C@H](NC(=O)Nc1cc(Br)c(F)cc1F)C(=O)O. The molecule has 0 saturated carbocycles. The van der Waals surface area contributed by atoms with Crippen molar-refractivity contribution in [2.75, 3.05) is 5.32 Å². The van der Waals surface area contributed by atoms with Crippen LogP contribution >= 0.6 is 15.9 Å². The van der Waals surface area contributed by atoms with E-state index in [-0.39, 0.29) is 10.2 Å². The van der Waals surface area contributed by atoms with Gasteiger partial charge in [-0.1, -0.05) is 0 Å². The molecule has 1 aromatic rings. The molecule has 110 valence electrons. The summed E-state index contributed by atoms with van der Waals surface area (Å²) in [6, 6.07) is -1.05. The minimum absolute atomic E-state index is 0.0699. The standard InChI is InChI=1S/C11H11BrF2N2O4/c1-4(17)9(10(18)19)16-11(20)15-8-2-5(12)6(13)3-7(8)14/h2-4,9,17H,1H3,(H,18,19)(H2,15,16,20)/t4-,9+/m1/s1. The smallest absolute Gasteiger partial charge is 0.328 e. The number of benzene rings is 1. The minimum Gasteiger partial charge on any atom is -0.480 e. The molecule has 6 nitrogen and oxygen atoms in total. The van der Waals surface area contributed by atoms with E-state index in [0.29, 0.717) is 6.07 Å². The second-order valence-electron chi connectivity index (χ2n) is 3.90. The number of urea groups is 1. The molecule has 1 aromatic carbocycles. The lowest BCUT2D eigenvalue weighted by molar-refractivity contribution is -0.141. The zero-order valence-electron chi connectivity index (χ0n) is 10.2. The van der Waals surface area contributed by atoms with Crippen LogP contribution in [0.1, 0.15) is 6.92 Å². The normalized spacial score (nSPS) is 13.4. The average molecular weight is 353 g/mol. The Bertz CT molecular complexity index is 539. The van der Waals surface area contributed by atoms with E-state index >= 15 is 0 Å². The van der Waals surface area contributed by atoms with Crippen molar-refractivity contribution in [2.45, 2.75) is 19.1 Å². The fourth-order valence-electron chi connectivity index (χ4n) is 1.31. The third-order valence-corrected chi connectivity index (χ3v) is 2.90. The molecule has 0 aliphatic heterocycles. The van der Waals surface area contributed by atoms with E-state index in [4.69, 9.17) is 5.11 Å². The molecule has 0 aliphatic carbocycles. The zero-order valence-corrected chi connectivity index (χ0v) is 11.7. The lowest BCUT2D eigenvalue weighted by Crippen LogP contribution is -2.49. The molecule has 20 heavy (non-hydrogen) atoms. The highest BCUT2D eigenvalue weighted by atomic mass is 79.9. The summed E-state index contributed by atoms with van der Waals surface area (Å²) < 4.78 is 26.3. The van der Waals surface area contributed by atoms with Crippen LogP contribution in [0.15, 0.2) is 16.6 Å². The number of halogens is 3. The van der Waals surface area contributed by atoms with E-state index < -0.39 is 35.8 Å². The molecule has 0 aliphatic rings. The van der Waals surface area contributed by atoms with E-state index in [2.05, 4.69) is 15.9 Å². The molecule has 9 heteroatoms. The van der Waals surface area contributed by atoms with Crippen molar-refractivity contribution in [3.05, 3.63) is 28.2 Å². The van der Waals surface area contributed by atoms with Crippen LogP contribution in [0, 0.1) is 11.6 Å². The third-order valence-electron chi connectivity index (χ3n) is 2.29. The van der Waals surface area contributed by atoms with Crippen LogP contribution in [0.3, 0.4) is 0 Å². The number of anilines is 1. The molecule has 0 unspecified atom stereocenters. The summed E-state index contributed by atoms with van der Waals surface area (Å²) in [4.78, 5) is 22.3. The predicted octanol–water partition coefficient (Wildman–Crippen LogP) is 1.68. The first-order chi connectivity index (χ1) is 9.22. The van der Waals surface area contributed by atoms with Crippen LogP contribution in [0.4, 0.5) is 19.3 Å². The number of aliphatic hydroxyl groups is 1. The maximum absolute atomic E-state index is 13.4. The average Bonchev–Trinajstić information content (AvgIpc) is 2.32. The van der Waals surface area contributed by atoms with Crippen LogP contribution in [0.5, 0.6) is 0 Å². The minimum atomic E-state index is -1.55. The maximum atomic E-state index is 13.4. The first-order valence-electron chi connectivity index (χ1n) is 5.35. The number of rotatable bonds is 4. The van der Waals surface area contributed by atoms with Gasteiger partial charge in [-0.15, -0.1) is 0 Å². The van der Waals surface area contributed by atoms with Crippen LogP contribution < -0.4 is 10.6 Å². The molecule has 0 fully saturated rings. The number of hydrogen-bond acceptors (Lipinski definition) is 3.